The van der Waals surface area contributed by atoms with Gasteiger partial charge in [0.25, 0.3) is 0 Å². The predicted molar refractivity (Wildman–Crippen MR) is 60.1 cm³/mol. The van der Waals surface area contributed by atoms with Crippen molar-refractivity contribution in [2.75, 3.05) is 0 Å². The number of ether oxygens (including phenoxy) is 1. The molecule has 0 amide bonds. The Morgan fingerprint density at radius 1 is 1.41 bits per heavy atom. The van der Waals surface area contributed by atoms with Gasteiger partial charge in [-0.25, -0.2) is 4.79 Å². The average molecular weight is 239 g/mol. The van der Waals surface area contributed by atoms with Gasteiger partial charge in [0, 0.05) is 0 Å². The van der Waals surface area contributed by atoms with Gasteiger partial charge in [-0.05, 0) is 31.1 Å². The Kier molecular flexibility index (Phi) is 3.36. The molecule has 0 aliphatic heterocycles. The van der Waals surface area contributed by atoms with Crippen LogP contribution in [0.15, 0.2) is 10.7 Å². The highest BCUT2D eigenvalue weighted by Gasteiger charge is 2.26. The molecule has 1 heterocycles. The van der Waals surface area contributed by atoms with Crippen LogP contribution >= 0.6 is 0 Å². The first kappa shape index (κ1) is 12.0. The second kappa shape index (κ2) is 4.77. The minimum absolute atomic E-state index is 0.0636. The molecule has 17 heavy (non-hydrogen) atoms. The van der Waals surface area contributed by atoms with Crippen molar-refractivity contribution in [1.29, 1.82) is 0 Å². The number of carbonyl (C=O) groups is 1. The highest BCUT2D eigenvalue weighted by atomic mass is 16.6. The summed E-state index contributed by atoms with van der Waals surface area (Å²) in [5, 5.41) is 8.71. The zero-order valence-corrected chi connectivity index (χ0v) is 10.0. The number of nitrogens with zero attached hydrogens (tertiary/aromatic N) is 1. The number of carboxylic acid groups (broad SMARTS) is 1. The van der Waals surface area contributed by atoms with Crippen LogP contribution in [0, 0.1) is 11.8 Å². The molecule has 1 saturated carbocycles. The fourth-order valence-electron chi connectivity index (χ4n) is 2.52. The molecule has 5 heteroatoms. The predicted octanol–water partition coefficient (Wildman–Crippen LogP) is 2.58. The zero-order valence-electron chi connectivity index (χ0n) is 10.0. The molecule has 1 aromatic heterocycles. The molecule has 0 aromatic carbocycles. The summed E-state index contributed by atoms with van der Waals surface area (Å²) >= 11 is 0. The van der Waals surface area contributed by atoms with E-state index in [0.29, 0.717) is 11.8 Å². The number of aromatic carboxylic acids is 1. The van der Waals surface area contributed by atoms with Crippen molar-refractivity contribution in [3.8, 4) is 6.08 Å². The Bertz CT molecular complexity index is 391. The molecule has 94 valence electrons. The average Bonchev–Trinajstić information content (AvgIpc) is 2.64. The Labute approximate surface area is 99.8 Å². The van der Waals surface area contributed by atoms with Crippen LogP contribution < -0.4 is 4.74 Å². The summed E-state index contributed by atoms with van der Waals surface area (Å²) in [5.41, 5.74) is -0.114. The molecule has 2 unspecified atom stereocenters. The molecule has 1 fully saturated rings. The second-order valence-electron chi connectivity index (χ2n) is 4.96. The van der Waals surface area contributed by atoms with E-state index in [0.717, 1.165) is 19.1 Å². The van der Waals surface area contributed by atoms with E-state index in [4.69, 9.17) is 14.3 Å². The van der Waals surface area contributed by atoms with E-state index in [2.05, 4.69) is 18.8 Å². The SMILES string of the molecule is CC1CC(C)CC(Oc2nc(C(=O)O)co2)C1. The minimum Gasteiger partial charge on any atom is -0.476 e. The van der Waals surface area contributed by atoms with E-state index in [-0.39, 0.29) is 17.9 Å². The van der Waals surface area contributed by atoms with Gasteiger partial charge >= 0.3 is 12.0 Å². The number of aromatic nitrogens is 1. The van der Waals surface area contributed by atoms with Gasteiger partial charge in [-0.2, -0.15) is 4.98 Å². The molecule has 0 saturated heterocycles. The van der Waals surface area contributed by atoms with Crippen LogP contribution in [0.25, 0.3) is 0 Å². The fourth-order valence-corrected chi connectivity index (χ4v) is 2.52. The van der Waals surface area contributed by atoms with Gasteiger partial charge in [0.15, 0.2) is 5.69 Å². The van der Waals surface area contributed by atoms with Crippen LogP contribution in [0.3, 0.4) is 0 Å². The third-order valence-corrected chi connectivity index (χ3v) is 3.10. The molecular weight excluding hydrogens is 222 g/mol. The summed E-state index contributed by atoms with van der Waals surface area (Å²) in [7, 11) is 0. The lowest BCUT2D eigenvalue weighted by atomic mass is 9.82. The van der Waals surface area contributed by atoms with Crippen molar-refractivity contribution in [3.63, 3.8) is 0 Å². The Hall–Kier alpha value is -1.52. The van der Waals surface area contributed by atoms with Gasteiger partial charge in [0.05, 0.1) is 0 Å². The van der Waals surface area contributed by atoms with Crippen molar-refractivity contribution in [3.05, 3.63) is 12.0 Å². The Balaban J connectivity index is 1.97. The summed E-state index contributed by atoms with van der Waals surface area (Å²) in [6, 6.07) is 0. The van der Waals surface area contributed by atoms with E-state index in [9.17, 15) is 4.79 Å². The quantitative estimate of drug-likeness (QED) is 0.877. The standard InChI is InChI=1S/C12H17NO4/c1-7-3-8(2)5-9(4-7)17-12-13-10(6-16-12)11(14)15/h6-9H,3-5H2,1-2H3,(H,14,15). The number of hydrogen-bond donors (Lipinski definition) is 1. The highest BCUT2D eigenvalue weighted by molar-refractivity contribution is 5.84. The molecule has 1 N–H and O–H groups in total. The molecule has 0 radical (unpaired) electrons. The molecule has 2 atom stereocenters. The van der Waals surface area contributed by atoms with Gasteiger partial charge in [0.1, 0.15) is 12.4 Å². The highest BCUT2D eigenvalue weighted by Crippen LogP contribution is 2.31. The summed E-state index contributed by atoms with van der Waals surface area (Å²) < 4.78 is 10.6. The number of rotatable bonds is 3. The number of oxazole rings is 1. The van der Waals surface area contributed by atoms with Gasteiger partial charge in [-0.1, -0.05) is 13.8 Å². The third kappa shape index (κ3) is 2.99. The molecule has 1 aliphatic carbocycles. The van der Waals surface area contributed by atoms with Crippen LogP contribution in [0.5, 0.6) is 6.08 Å². The maximum Gasteiger partial charge on any atom is 0.394 e. The van der Waals surface area contributed by atoms with Crippen LogP contribution in [0.1, 0.15) is 43.6 Å². The zero-order chi connectivity index (χ0) is 12.4. The van der Waals surface area contributed by atoms with E-state index < -0.39 is 5.97 Å². The molecule has 5 nitrogen and oxygen atoms in total. The largest absolute Gasteiger partial charge is 0.476 e. The van der Waals surface area contributed by atoms with Crippen molar-refractivity contribution in [2.45, 2.75) is 39.2 Å². The topological polar surface area (TPSA) is 72.6 Å². The molecule has 1 aliphatic rings. The molecule has 0 bridgehead atoms. The summed E-state index contributed by atoms with van der Waals surface area (Å²) in [6.07, 6.45) is 4.39. The van der Waals surface area contributed by atoms with E-state index in [1.165, 1.54) is 6.42 Å². The summed E-state index contributed by atoms with van der Waals surface area (Å²) in [4.78, 5) is 14.4. The maximum atomic E-state index is 10.6. The monoisotopic (exact) mass is 239 g/mol. The fraction of sp³-hybridized carbons (Fsp3) is 0.667. The second-order valence-corrected chi connectivity index (χ2v) is 4.96. The smallest absolute Gasteiger partial charge is 0.394 e. The molecule has 1 aromatic rings. The van der Waals surface area contributed by atoms with Gasteiger partial charge in [0.2, 0.25) is 0 Å². The molecular formula is C12H17NO4. The summed E-state index contributed by atoms with van der Waals surface area (Å²) in [6.45, 7) is 4.40. The molecule has 0 spiro atoms. The van der Waals surface area contributed by atoms with Crippen molar-refractivity contribution in [1.82, 2.24) is 4.98 Å². The lowest BCUT2D eigenvalue weighted by molar-refractivity contribution is 0.0678. The van der Waals surface area contributed by atoms with Crippen molar-refractivity contribution < 1.29 is 19.1 Å². The van der Waals surface area contributed by atoms with E-state index >= 15 is 0 Å². The first-order chi connectivity index (χ1) is 8.04. The molecule has 2 rings (SSSR count). The van der Waals surface area contributed by atoms with Crippen LogP contribution in [-0.2, 0) is 0 Å². The van der Waals surface area contributed by atoms with E-state index in [1.54, 1.807) is 0 Å². The van der Waals surface area contributed by atoms with Crippen molar-refractivity contribution >= 4 is 5.97 Å². The van der Waals surface area contributed by atoms with Gasteiger partial charge in [-0.3, -0.25) is 0 Å². The number of hydrogen-bond acceptors (Lipinski definition) is 4. The maximum absolute atomic E-state index is 10.6. The summed E-state index contributed by atoms with van der Waals surface area (Å²) in [5.74, 6) is 0.143. The number of carboxylic acids is 1. The van der Waals surface area contributed by atoms with Crippen LogP contribution in [-0.4, -0.2) is 22.2 Å². The van der Waals surface area contributed by atoms with Crippen molar-refractivity contribution in [2.24, 2.45) is 11.8 Å². The van der Waals surface area contributed by atoms with E-state index in [1.807, 2.05) is 0 Å². The Morgan fingerprint density at radius 3 is 2.59 bits per heavy atom. The first-order valence-corrected chi connectivity index (χ1v) is 5.90. The first-order valence-electron chi connectivity index (χ1n) is 5.90. The lowest BCUT2D eigenvalue weighted by Gasteiger charge is -2.30. The van der Waals surface area contributed by atoms with Gasteiger partial charge < -0.3 is 14.3 Å². The third-order valence-electron chi connectivity index (χ3n) is 3.10. The minimum atomic E-state index is -1.10. The van der Waals surface area contributed by atoms with Crippen LogP contribution in [0.4, 0.5) is 0 Å². The van der Waals surface area contributed by atoms with Gasteiger partial charge in [-0.15, -0.1) is 0 Å². The normalized spacial score (nSPS) is 28.9. The van der Waals surface area contributed by atoms with Crippen LogP contribution in [0.2, 0.25) is 0 Å². The lowest BCUT2D eigenvalue weighted by Crippen LogP contribution is -2.28. The Morgan fingerprint density at radius 2 is 2.06 bits per heavy atom.